The predicted molar refractivity (Wildman–Crippen MR) is 102 cm³/mol. The van der Waals surface area contributed by atoms with E-state index in [1.807, 2.05) is 24.3 Å². The van der Waals surface area contributed by atoms with E-state index in [-0.39, 0.29) is 17.2 Å². The number of halogens is 1. The zero-order valence-corrected chi connectivity index (χ0v) is 15.7. The van der Waals surface area contributed by atoms with Crippen LogP contribution in [0.15, 0.2) is 80.1 Å². The molecule has 2 aromatic heterocycles. The fourth-order valence-corrected chi connectivity index (χ4v) is 3.28. The van der Waals surface area contributed by atoms with Crippen LogP contribution in [0.5, 0.6) is 0 Å². The molecule has 3 rings (SSSR count). The first-order chi connectivity index (χ1) is 12.0. The zero-order valence-electron chi connectivity index (χ0n) is 13.3. The molecule has 0 saturated heterocycles. The van der Waals surface area contributed by atoms with Crippen molar-refractivity contribution in [3.05, 3.63) is 81.3 Å². The van der Waals surface area contributed by atoms with Gasteiger partial charge in [-0.15, -0.1) is 0 Å². The van der Waals surface area contributed by atoms with Crippen molar-refractivity contribution in [1.29, 1.82) is 0 Å². The molecule has 2 heterocycles. The van der Waals surface area contributed by atoms with Crippen molar-refractivity contribution in [2.75, 3.05) is 5.32 Å². The summed E-state index contributed by atoms with van der Waals surface area (Å²) in [6, 6.07) is 14.3. The quantitative estimate of drug-likeness (QED) is 0.700. The van der Waals surface area contributed by atoms with Gasteiger partial charge < -0.3 is 9.88 Å². The van der Waals surface area contributed by atoms with Gasteiger partial charge in [-0.25, -0.2) is 4.98 Å². The van der Waals surface area contributed by atoms with E-state index in [1.54, 1.807) is 43.7 Å². The van der Waals surface area contributed by atoms with Crippen LogP contribution in [0, 0.1) is 0 Å². The van der Waals surface area contributed by atoms with Crippen molar-refractivity contribution in [2.45, 2.75) is 9.92 Å². The van der Waals surface area contributed by atoms with Crippen LogP contribution in [0.3, 0.4) is 0 Å². The van der Waals surface area contributed by atoms with E-state index in [9.17, 15) is 9.59 Å². The number of nitrogens with one attached hydrogen (secondary N) is 1. The maximum absolute atomic E-state index is 12.6. The minimum absolute atomic E-state index is 0.247. The lowest BCUT2D eigenvalue weighted by Crippen LogP contribution is -2.23. The second-order valence-electron chi connectivity index (χ2n) is 5.20. The molecule has 25 heavy (non-hydrogen) atoms. The third kappa shape index (κ3) is 4.18. The number of anilines is 1. The summed E-state index contributed by atoms with van der Waals surface area (Å²) in [7, 11) is 1.64. The van der Waals surface area contributed by atoms with Crippen LogP contribution in [-0.2, 0) is 7.05 Å². The molecule has 0 bridgehead atoms. The maximum atomic E-state index is 12.6. The Hall–Kier alpha value is -2.38. The molecule has 5 nitrogen and oxygen atoms in total. The minimum Gasteiger partial charge on any atom is -0.317 e. The number of carbonyl (C=O) groups excluding carboxylic acids is 1. The van der Waals surface area contributed by atoms with E-state index in [1.165, 1.54) is 16.3 Å². The standard InChI is InChI=1S/C18H14BrN3O2S/c1-22-10-4-6-14(18(22)24)21-17(23)13-5-2-3-7-15(13)25-16-9-8-12(19)11-20-16/h2-11H,1H3,(H,21,23). The van der Waals surface area contributed by atoms with Gasteiger partial charge in [0, 0.05) is 28.8 Å². The number of pyridine rings is 2. The molecule has 0 atom stereocenters. The number of nitrogens with zero attached hydrogens (tertiary/aromatic N) is 2. The summed E-state index contributed by atoms with van der Waals surface area (Å²) in [5.74, 6) is -0.330. The Morgan fingerprint density at radius 3 is 2.72 bits per heavy atom. The highest BCUT2D eigenvalue weighted by Gasteiger charge is 2.14. The molecular weight excluding hydrogens is 402 g/mol. The number of aromatic nitrogens is 2. The van der Waals surface area contributed by atoms with Crippen molar-refractivity contribution in [3.63, 3.8) is 0 Å². The van der Waals surface area contributed by atoms with E-state index in [2.05, 4.69) is 26.2 Å². The lowest BCUT2D eigenvalue weighted by atomic mass is 10.2. The molecule has 0 aliphatic carbocycles. The molecule has 0 radical (unpaired) electrons. The first-order valence-corrected chi connectivity index (χ1v) is 9.01. The number of hydrogen-bond acceptors (Lipinski definition) is 4. The molecule has 0 aliphatic heterocycles. The van der Waals surface area contributed by atoms with E-state index >= 15 is 0 Å². The van der Waals surface area contributed by atoms with Crippen LogP contribution < -0.4 is 10.9 Å². The average Bonchev–Trinajstić information content (AvgIpc) is 2.61. The molecule has 3 aromatic rings. The fraction of sp³-hybridized carbons (Fsp3) is 0.0556. The van der Waals surface area contributed by atoms with E-state index in [0.29, 0.717) is 5.56 Å². The van der Waals surface area contributed by atoms with Gasteiger partial charge in [0.25, 0.3) is 11.5 Å². The SMILES string of the molecule is Cn1cccc(NC(=O)c2ccccc2Sc2ccc(Br)cn2)c1=O. The lowest BCUT2D eigenvalue weighted by Gasteiger charge is -2.10. The van der Waals surface area contributed by atoms with Gasteiger partial charge >= 0.3 is 0 Å². The number of aryl methyl sites for hydroxylation is 1. The highest BCUT2D eigenvalue weighted by atomic mass is 79.9. The van der Waals surface area contributed by atoms with Crippen molar-refractivity contribution < 1.29 is 4.79 Å². The molecule has 7 heteroatoms. The highest BCUT2D eigenvalue weighted by Crippen LogP contribution is 2.29. The van der Waals surface area contributed by atoms with Gasteiger partial charge in [-0.1, -0.05) is 23.9 Å². The second kappa shape index (κ2) is 7.67. The Morgan fingerprint density at radius 1 is 1.16 bits per heavy atom. The van der Waals surface area contributed by atoms with Gasteiger partial charge in [-0.05, 0) is 52.3 Å². The van der Waals surface area contributed by atoms with Crippen LogP contribution in [0.1, 0.15) is 10.4 Å². The van der Waals surface area contributed by atoms with E-state index in [0.717, 1.165) is 14.4 Å². The topological polar surface area (TPSA) is 64.0 Å². The molecule has 0 spiro atoms. The first kappa shape index (κ1) is 17.4. The summed E-state index contributed by atoms with van der Waals surface area (Å²) in [5.41, 5.74) is 0.482. The smallest absolute Gasteiger partial charge is 0.274 e. The molecule has 0 aliphatic rings. The van der Waals surface area contributed by atoms with Gasteiger partial charge in [0.15, 0.2) is 0 Å². The van der Waals surface area contributed by atoms with Gasteiger partial charge in [0.05, 0.1) is 5.56 Å². The molecule has 1 N–H and O–H groups in total. The lowest BCUT2D eigenvalue weighted by molar-refractivity contribution is 0.102. The highest BCUT2D eigenvalue weighted by molar-refractivity contribution is 9.10. The summed E-state index contributed by atoms with van der Waals surface area (Å²) in [6.07, 6.45) is 3.35. The Balaban J connectivity index is 1.87. The van der Waals surface area contributed by atoms with Gasteiger partial charge in [-0.2, -0.15) is 0 Å². The molecule has 1 amide bonds. The van der Waals surface area contributed by atoms with Crippen LogP contribution in [0.25, 0.3) is 0 Å². The van der Waals surface area contributed by atoms with Crippen molar-refractivity contribution in [3.8, 4) is 0 Å². The number of rotatable bonds is 4. The third-order valence-electron chi connectivity index (χ3n) is 3.42. The Labute approximate surface area is 157 Å². The summed E-state index contributed by atoms with van der Waals surface area (Å²) in [4.78, 5) is 29.8. The summed E-state index contributed by atoms with van der Waals surface area (Å²) < 4.78 is 2.31. The maximum Gasteiger partial charge on any atom is 0.274 e. The fourth-order valence-electron chi connectivity index (χ4n) is 2.16. The molecule has 126 valence electrons. The largest absolute Gasteiger partial charge is 0.317 e. The van der Waals surface area contributed by atoms with Gasteiger partial charge in [-0.3, -0.25) is 9.59 Å². The van der Waals surface area contributed by atoms with Crippen LogP contribution in [-0.4, -0.2) is 15.5 Å². The average molecular weight is 416 g/mol. The normalized spacial score (nSPS) is 10.5. The van der Waals surface area contributed by atoms with Crippen LogP contribution >= 0.6 is 27.7 Å². The Kier molecular flexibility index (Phi) is 5.35. The Morgan fingerprint density at radius 2 is 1.96 bits per heavy atom. The number of amides is 1. The zero-order chi connectivity index (χ0) is 17.8. The van der Waals surface area contributed by atoms with Crippen molar-refractivity contribution in [2.24, 2.45) is 7.05 Å². The number of hydrogen-bond donors (Lipinski definition) is 1. The van der Waals surface area contributed by atoms with Crippen LogP contribution in [0.4, 0.5) is 5.69 Å². The first-order valence-electron chi connectivity index (χ1n) is 7.40. The number of benzene rings is 1. The molecular formula is C18H14BrN3O2S. The van der Waals surface area contributed by atoms with Crippen molar-refractivity contribution in [1.82, 2.24) is 9.55 Å². The van der Waals surface area contributed by atoms with Gasteiger partial charge in [0.1, 0.15) is 10.7 Å². The van der Waals surface area contributed by atoms with E-state index in [4.69, 9.17) is 0 Å². The monoisotopic (exact) mass is 415 g/mol. The van der Waals surface area contributed by atoms with Gasteiger partial charge in [0.2, 0.25) is 0 Å². The minimum atomic E-state index is -0.330. The predicted octanol–water partition coefficient (Wildman–Crippen LogP) is 3.95. The second-order valence-corrected chi connectivity index (χ2v) is 7.18. The number of carbonyl (C=O) groups is 1. The summed E-state index contributed by atoms with van der Waals surface area (Å²) >= 11 is 4.74. The molecule has 0 fully saturated rings. The van der Waals surface area contributed by atoms with Crippen molar-refractivity contribution >= 4 is 39.3 Å². The third-order valence-corrected chi connectivity index (χ3v) is 4.91. The van der Waals surface area contributed by atoms with Crippen LogP contribution in [0.2, 0.25) is 0 Å². The summed E-state index contributed by atoms with van der Waals surface area (Å²) in [5, 5.41) is 3.47. The summed E-state index contributed by atoms with van der Waals surface area (Å²) in [6.45, 7) is 0. The molecule has 1 aromatic carbocycles. The Bertz CT molecular complexity index is 971. The van der Waals surface area contributed by atoms with E-state index < -0.39 is 0 Å². The molecule has 0 saturated carbocycles. The molecule has 0 unspecified atom stereocenters.